The molecule has 1 atom stereocenters. The fourth-order valence-corrected chi connectivity index (χ4v) is 1.81. The molecule has 0 N–H and O–H groups in total. The Bertz CT molecular complexity index is 244. The first-order valence-electron chi connectivity index (χ1n) is 5.08. The molecule has 1 fully saturated rings. The summed E-state index contributed by atoms with van der Waals surface area (Å²) in [6.45, 7) is 4.32. The second-order valence-electron chi connectivity index (χ2n) is 4.04. The van der Waals surface area contributed by atoms with E-state index in [4.69, 9.17) is 6.42 Å². The van der Waals surface area contributed by atoms with Crippen LogP contribution in [0.4, 0.5) is 4.79 Å². The highest BCUT2D eigenvalue weighted by atomic mass is 16.2. The monoisotopic (exact) mass is 194 g/mol. The third-order valence-electron chi connectivity index (χ3n) is 2.58. The summed E-state index contributed by atoms with van der Waals surface area (Å²) in [5.74, 6) is 3.09. The molecule has 0 radical (unpaired) electrons. The average Bonchev–Trinajstić information content (AvgIpc) is 2.17. The fourth-order valence-electron chi connectivity index (χ4n) is 1.81. The van der Waals surface area contributed by atoms with Crippen molar-refractivity contribution in [2.75, 3.05) is 26.7 Å². The third kappa shape index (κ3) is 2.66. The molecule has 0 bridgehead atoms. The van der Waals surface area contributed by atoms with Gasteiger partial charge >= 0.3 is 6.03 Å². The fraction of sp³-hybridized carbons (Fsp3) is 0.727. The van der Waals surface area contributed by atoms with Crippen LogP contribution >= 0.6 is 0 Å². The molecule has 14 heavy (non-hydrogen) atoms. The van der Waals surface area contributed by atoms with E-state index in [0.717, 1.165) is 19.5 Å². The van der Waals surface area contributed by atoms with Gasteiger partial charge in [-0.2, -0.15) is 0 Å². The molecule has 78 valence electrons. The maximum absolute atomic E-state index is 11.8. The van der Waals surface area contributed by atoms with Crippen LogP contribution in [-0.4, -0.2) is 42.5 Å². The summed E-state index contributed by atoms with van der Waals surface area (Å²) >= 11 is 0. The van der Waals surface area contributed by atoms with Crippen molar-refractivity contribution in [3.8, 4) is 12.3 Å². The van der Waals surface area contributed by atoms with Gasteiger partial charge in [0.05, 0.1) is 6.54 Å². The minimum atomic E-state index is 0.0644. The van der Waals surface area contributed by atoms with Crippen molar-refractivity contribution in [2.24, 2.45) is 5.92 Å². The molecule has 1 aliphatic rings. The maximum Gasteiger partial charge on any atom is 0.320 e. The first kappa shape index (κ1) is 10.9. The number of hydrogen-bond donors (Lipinski definition) is 0. The van der Waals surface area contributed by atoms with E-state index in [1.807, 2.05) is 4.90 Å². The standard InChI is InChI=1S/C11H18N2O/c1-4-7-12(3)11(14)13-8-5-6-10(2)9-13/h1,10H,5-9H2,2-3H3. The van der Waals surface area contributed by atoms with Gasteiger partial charge in [-0.25, -0.2) is 4.79 Å². The number of carbonyl (C=O) groups excluding carboxylic acids is 1. The lowest BCUT2D eigenvalue weighted by atomic mass is 10.0. The molecule has 0 aromatic carbocycles. The quantitative estimate of drug-likeness (QED) is 0.579. The van der Waals surface area contributed by atoms with Gasteiger partial charge in [-0.1, -0.05) is 12.8 Å². The minimum absolute atomic E-state index is 0.0644. The van der Waals surface area contributed by atoms with Crippen molar-refractivity contribution in [3.05, 3.63) is 0 Å². The van der Waals surface area contributed by atoms with Crippen LogP contribution in [0, 0.1) is 18.3 Å². The Morgan fingerprint density at radius 1 is 1.71 bits per heavy atom. The van der Waals surface area contributed by atoms with Crippen molar-refractivity contribution in [3.63, 3.8) is 0 Å². The van der Waals surface area contributed by atoms with Gasteiger partial charge in [0.25, 0.3) is 0 Å². The van der Waals surface area contributed by atoms with Crippen molar-refractivity contribution in [1.82, 2.24) is 9.80 Å². The Labute approximate surface area is 86.1 Å². The highest BCUT2D eigenvalue weighted by molar-refractivity contribution is 5.74. The number of carbonyl (C=O) groups is 1. The highest BCUT2D eigenvalue weighted by Crippen LogP contribution is 2.16. The lowest BCUT2D eigenvalue weighted by molar-refractivity contribution is 0.143. The summed E-state index contributed by atoms with van der Waals surface area (Å²) < 4.78 is 0. The molecule has 0 aromatic rings. The molecule has 0 aromatic heterocycles. The van der Waals surface area contributed by atoms with E-state index in [2.05, 4.69) is 12.8 Å². The van der Waals surface area contributed by atoms with Crippen LogP contribution in [0.15, 0.2) is 0 Å². The van der Waals surface area contributed by atoms with Crippen LogP contribution in [0.5, 0.6) is 0 Å². The van der Waals surface area contributed by atoms with Crippen molar-refractivity contribution < 1.29 is 4.79 Å². The molecular weight excluding hydrogens is 176 g/mol. The van der Waals surface area contributed by atoms with Crippen molar-refractivity contribution >= 4 is 6.03 Å². The summed E-state index contributed by atoms with van der Waals surface area (Å²) in [4.78, 5) is 15.3. The first-order chi connectivity index (χ1) is 6.65. The van der Waals surface area contributed by atoms with Crippen LogP contribution in [-0.2, 0) is 0 Å². The zero-order chi connectivity index (χ0) is 10.6. The van der Waals surface area contributed by atoms with Crippen LogP contribution in [0.25, 0.3) is 0 Å². The Morgan fingerprint density at radius 2 is 2.43 bits per heavy atom. The molecular formula is C11H18N2O. The van der Waals surface area contributed by atoms with E-state index < -0.39 is 0 Å². The Kier molecular flexibility index (Phi) is 3.82. The summed E-state index contributed by atoms with van der Waals surface area (Å²) in [5, 5.41) is 0. The maximum atomic E-state index is 11.8. The Balaban J connectivity index is 2.47. The summed E-state index contributed by atoms with van der Waals surface area (Å²) in [5.41, 5.74) is 0. The summed E-state index contributed by atoms with van der Waals surface area (Å²) in [7, 11) is 1.75. The predicted molar refractivity (Wildman–Crippen MR) is 56.8 cm³/mol. The molecule has 1 aliphatic heterocycles. The van der Waals surface area contributed by atoms with Crippen LogP contribution in [0.2, 0.25) is 0 Å². The SMILES string of the molecule is C#CCN(C)C(=O)N1CCCC(C)C1. The summed E-state index contributed by atoms with van der Waals surface area (Å²) in [6, 6.07) is 0.0644. The van der Waals surface area contributed by atoms with E-state index >= 15 is 0 Å². The number of terminal acetylenes is 1. The molecule has 2 amide bonds. The second kappa shape index (κ2) is 4.90. The number of piperidine rings is 1. The molecule has 1 heterocycles. The summed E-state index contributed by atoms with van der Waals surface area (Å²) in [6.07, 6.45) is 7.49. The molecule has 3 nitrogen and oxygen atoms in total. The van der Waals surface area contributed by atoms with Gasteiger partial charge < -0.3 is 9.80 Å². The number of likely N-dealkylation sites (tertiary alicyclic amines) is 1. The largest absolute Gasteiger partial charge is 0.324 e. The Hall–Kier alpha value is -1.17. The van der Waals surface area contributed by atoms with E-state index in [1.165, 1.54) is 6.42 Å². The van der Waals surface area contributed by atoms with Gasteiger partial charge in [0.15, 0.2) is 0 Å². The lowest BCUT2D eigenvalue weighted by Gasteiger charge is -2.33. The number of hydrogen-bond acceptors (Lipinski definition) is 1. The van der Waals surface area contributed by atoms with Gasteiger partial charge in [0.2, 0.25) is 0 Å². The molecule has 1 rings (SSSR count). The molecule has 0 saturated carbocycles. The van der Waals surface area contributed by atoms with Crippen molar-refractivity contribution in [1.29, 1.82) is 0 Å². The first-order valence-corrected chi connectivity index (χ1v) is 5.08. The zero-order valence-electron chi connectivity index (χ0n) is 8.99. The molecule has 0 aliphatic carbocycles. The van der Waals surface area contributed by atoms with E-state index in [1.54, 1.807) is 11.9 Å². The van der Waals surface area contributed by atoms with E-state index in [0.29, 0.717) is 12.5 Å². The number of amides is 2. The molecule has 1 saturated heterocycles. The predicted octanol–water partition coefficient (Wildman–Crippen LogP) is 1.40. The minimum Gasteiger partial charge on any atom is -0.324 e. The van der Waals surface area contributed by atoms with Crippen LogP contribution < -0.4 is 0 Å². The van der Waals surface area contributed by atoms with Gasteiger partial charge in [0.1, 0.15) is 0 Å². The van der Waals surface area contributed by atoms with Gasteiger partial charge in [-0.15, -0.1) is 6.42 Å². The van der Waals surface area contributed by atoms with Gasteiger partial charge in [-0.3, -0.25) is 0 Å². The Morgan fingerprint density at radius 3 is 3.00 bits per heavy atom. The van der Waals surface area contributed by atoms with Crippen LogP contribution in [0.3, 0.4) is 0 Å². The third-order valence-corrected chi connectivity index (χ3v) is 2.58. The normalized spacial score (nSPS) is 21.5. The zero-order valence-corrected chi connectivity index (χ0v) is 8.99. The molecule has 0 spiro atoms. The lowest BCUT2D eigenvalue weighted by Crippen LogP contribution is -2.45. The number of rotatable bonds is 1. The smallest absolute Gasteiger partial charge is 0.320 e. The second-order valence-corrected chi connectivity index (χ2v) is 4.04. The number of urea groups is 1. The molecule has 3 heteroatoms. The van der Waals surface area contributed by atoms with Crippen LogP contribution in [0.1, 0.15) is 19.8 Å². The molecule has 1 unspecified atom stereocenters. The average molecular weight is 194 g/mol. The van der Waals surface area contributed by atoms with E-state index in [9.17, 15) is 4.79 Å². The number of nitrogens with zero attached hydrogens (tertiary/aromatic N) is 2. The van der Waals surface area contributed by atoms with Gasteiger partial charge in [-0.05, 0) is 18.8 Å². The van der Waals surface area contributed by atoms with E-state index in [-0.39, 0.29) is 6.03 Å². The topological polar surface area (TPSA) is 23.6 Å². The van der Waals surface area contributed by atoms with Crippen molar-refractivity contribution in [2.45, 2.75) is 19.8 Å². The van der Waals surface area contributed by atoms with Gasteiger partial charge in [0, 0.05) is 20.1 Å². The highest BCUT2D eigenvalue weighted by Gasteiger charge is 2.22.